The monoisotopic (exact) mass is 264 g/mol. The highest BCUT2D eigenvalue weighted by atomic mass is 32.1. The molecule has 2 fully saturated rings. The van der Waals surface area contributed by atoms with Crippen molar-refractivity contribution in [3.63, 3.8) is 0 Å². The maximum atomic E-state index is 3.57. The Bertz CT molecular complexity index is 364. The van der Waals surface area contributed by atoms with E-state index in [1.807, 2.05) is 11.3 Å². The maximum Gasteiger partial charge on any atom is 0.0331 e. The summed E-state index contributed by atoms with van der Waals surface area (Å²) in [5.41, 5.74) is 0.484. The molecule has 1 aliphatic heterocycles. The van der Waals surface area contributed by atoms with Crippen LogP contribution in [0, 0.1) is 5.41 Å². The van der Waals surface area contributed by atoms with Gasteiger partial charge in [0.2, 0.25) is 0 Å². The van der Waals surface area contributed by atoms with Gasteiger partial charge < -0.3 is 5.32 Å². The third-order valence-electron chi connectivity index (χ3n) is 4.27. The summed E-state index contributed by atoms with van der Waals surface area (Å²) in [6.07, 6.45) is 5.55. The molecule has 1 unspecified atom stereocenters. The zero-order chi connectivity index (χ0) is 12.4. The predicted octanol–water partition coefficient (Wildman–Crippen LogP) is 3.10. The first kappa shape index (κ1) is 12.6. The van der Waals surface area contributed by atoms with Crippen molar-refractivity contribution in [1.29, 1.82) is 0 Å². The molecule has 1 saturated heterocycles. The van der Waals surface area contributed by atoms with Crippen LogP contribution in [-0.2, 0) is 6.54 Å². The summed E-state index contributed by atoms with van der Waals surface area (Å²) in [5.74, 6) is 0. The third-order valence-corrected chi connectivity index (χ3v) is 5.13. The SMILES string of the molecule is CC1(CN(Cc2cccs2)C2CC2)CCCNC1. The van der Waals surface area contributed by atoms with E-state index in [4.69, 9.17) is 0 Å². The second-order valence-electron chi connectivity index (χ2n) is 6.31. The Morgan fingerprint density at radius 2 is 2.39 bits per heavy atom. The number of thiophene rings is 1. The molecule has 3 heteroatoms. The Morgan fingerprint density at radius 3 is 3.00 bits per heavy atom. The molecule has 0 radical (unpaired) electrons. The van der Waals surface area contributed by atoms with Gasteiger partial charge in [-0.25, -0.2) is 0 Å². The molecule has 2 heterocycles. The minimum Gasteiger partial charge on any atom is -0.316 e. The topological polar surface area (TPSA) is 15.3 Å². The lowest BCUT2D eigenvalue weighted by molar-refractivity contribution is 0.122. The average molecular weight is 264 g/mol. The predicted molar refractivity (Wildman–Crippen MR) is 78.0 cm³/mol. The molecule has 1 aromatic rings. The summed E-state index contributed by atoms with van der Waals surface area (Å²) in [6.45, 7) is 7.30. The van der Waals surface area contributed by atoms with Crippen molar-refractivity contribution in [1.82, 2.24) is 10.2 Å². The van der Waals surface area contributed by atoms with Gasteiger partial charge in [0.1, 0.15) is 0 Å². The summed E-state index contributed by atoms with van der Waals surface area (Å²) in [6, 6.07) is 5.32. The number of nitrogens with zero attached hydrogens (tertiary/aromatic N) is 1. The lowest BCUT2D eigenvalue weighted by Gasteiger charge is -2.38. The van der Waals surface area contributed by atoms with Crippen molar-refractivity contribution < 1.29 is 0 Å². The molecular formula is C15H24N2S. The first-order chi connectivity index (χ1) is 8.75. The van der Waals surface area contributed by atoms with Crippen molar-refractivity contribution in [2.75, 3.05) is 19.6 Å². The van der Waals surface area contributed by atoms with E-state index in [1.54, 1.807) is 0 Å². The molecule has 1 saturated carbocycles. The van der Waals surface area contributed by atoms with Crippen LogP contribution in [0.1, 0.15) is 37.5 Å². The van der Waals surface area contributed by atoms with Crippen LogP contribution >= 0.6 is 11.3 Å². The molecular weight excluding hydrogens is 240 g/mol. The van der Waals surface area contributed by atoms with Crippen LogP contribution in [0.25, 0.3) is 0 Å². The van der Waals surface area contributed by atoms with E-state index in [0.717, 1.165) is 12.6 Å². The number of hydrogen-bond donors (Lipinski definition) is 1. The summed E-state index contributed by atoms with van der Waals surface area (Å²) < 4.78 is 0. The normalized spacial score (nSPS) is 28.8. The van der Waals surface area contributed by atoms with Gasteiger partial charge in [-0.15, -0.1) is 11.3 Å². The fraction of sp³-hybridized carbons (Fsp3) is 0.733. The maximum absolute atomic E-state index is 3.57. The Balaban J connectivity index is 1.62. The third kappa shape index (κ3) is 3.14. The molecule has 1 aromatic heterocycles. The van der Waals surface area contributed by atoms with E-state index < -0.39 is 0 Å². The Hall–Kier alpha value is -0.380. The number of piperidine rings is 1. The standard InChI is InChI=1S/C15H24N2S/c1-15(7-3-8-16-11-15)12-17(13-5-6-13)10-14-4-2-9-18-14/h2,4,9,13,16H,3,5-8,10-12H2,1H3. The average Bonchev–Trinajstić information content (AvgIpc) is 3.09. The summed E-state index contributed by atoms with van der Waals surface area (Å²) in [7, 11) is 0. The fourth-order valence-corrected chi connectivity index (χ4v) is 3.83. The molecule has 100 valence electrons. The largest absolute Gasteiger partial charge is 0.316 e. The first-order valence-electron chi connectivity index (χ1n) is 7.22. The Morgan fingerprint density at radius 1 is 1.50 bits per heavy atom. The van der Waals surface area contributed by atoms with E-state index in [0.29, 0.717) is 5.41 Å². The van der Waals surface area contributed by atoms with Crippen molar-refractivity contribution >= 4 is 11.3 Å². The van der Waals surface area contributed by atoms with Crippen LogP contribution in [0.2, 0.25) is 0 Å². The zero-order valence-electron chi connectivity index (χ0n) is 11.3. The van der Waals surface area contributed by atoms with E-state index in [9.17, 15) is 0 Å². The van der Waals surface area contributed by atoms with E-state index in [-0.39, 0.29) is 0 Å². The van der Waals surface area contributed by atoms with Crippen molar-refractivity contribution in [2.45, 2.75) is 45.2 Å². The second kappa shape index (κ2) is 5.32. The number of rotatable bonds is 5. The van der Waals surface area contributed by atoms with Crippen molar-refractivity contribution in [3.8, 4) is 0 Å². The van der Waals surface area contributed by atoms with E-state index in [1.165, 1.54) is 50.2 Å². The lowest BCUT2D eigenvalue weighted by Crippen LogP contribution is -2.46. The molecule has 2 nitrogen and oxygen atoms in total. The van der Waals surface area contributed by atoms with Gasteiger partial charge in [0.05, 0.1) is 0 Å². The minimum absolute atomic E-state index is 0.484. The molecule has 0 spiro atoms. The van der Waals surface area contributed by atoms with Gasteiger partial charge in [-0.1, -0.05) is 13.0 Å². The molecule has 0 amide bonds. The molecule has 18 heavy (non-hydrogen) atoms. The fourth-order valence-electron chi connectivity index (χ4n) is 3.10. The summed E-state index contributed by atoms with van der Waals surface area (Å²) in [4.78, 5) is 4.26. The number of hydrogen-bond acceptors (Lipinski definition) is 3. The van der Waals surface area contributed by atoms with Crippen LogP contribution in [0.4, 0.5) is 0 Å². The van der Waals surface area contributed by atoms with Crippen molar-refractivity contribution in [3.05, 3.63) is 22.4 Å². The van der Waals surface area contributed by atoms with Gasteiger partial charge in [-0.05, 0) is 49.1 Å². The van der Waals surface area contributed by atoms with Gasteiger partial charge >= 0.3 is 0 Å². The minimum atomic E-state index is 0.484. The van der Waals surface area contributed by atoms with Gasteiger partial charge in [0, 0.05) is 30.6 Å². The van der Waals surface area contributed by atoms with Gasteiger partial charge in [0.15, 0.2) is 0 Å². The van der Waals surface area contributed by atoms with Gasteiger partial charge in [0.25, 0.3) is 0 Å². The van der Waals surface area contributed by atoms with Crippen LogP contribution in [-0.4, -0.2) is 30.6 Å². The highest BCUT2D eigenvalue weighted by Gasteiger charge is 2.35. The highest BCUT2D eigenvalue weighted by Crippen LogP contribution is 2.34. The van der Waals surface area contributed by atoms with Gasteiger partial charge in [-0.2, -0.15) is 0 Å². The molecule has 1 aliphatic carbocycles. The molecule has 0 aromatic carbocycles. The quantitative estimate of drug-likeness (QED) is 0.879. The van der Waals surface area contributed by atoms with Crippen LogP contribution in [0.15, 0.2) is 17.5 Å². The summed E-state index contributed by atoms with van der Waals surface area (Å²) in [5, 5.41) is 5.77. The van der Waals surface area contributed by atoms with Crippen LogP contribution in [0.5, 0.6) is 0 Å². The highest BCUT2D eigenvalue weighted by molar-refractivity contribution is 7.09. The van der Waals surface area contributed by atoms with Crippen molar-refractivity contribution in [2.24, 2.45) is 5.41 Å². The van der Waals surface area contributed by atoms with E-state index in [2.05, 4.69) is 34.7 Å². The van der Waals surface area contributed by atoms with Gasteiger partial charge in [-0.3, -0.25) is 4.90 Å². The lowest BCUT2D eigenvalue weighted by atomic mass is 9.82. The summed E-state index contributed by atoms with van der Waals surface area (Å²) >= 11 is 1.90. The zero-order valence-corrected chi connectivity index (χ0v) is 12.1. The molecule has 3 rings (SSSR count). The molecule has 1 atom stereocenters. The molecule has 2 aliphatic rings. The Labute approximate surface area is 114 Å². The second-order valence-corrected chi connectivity index (χ2v) is 7.34. The van der Waals surface area contributed by atoms with Crippen LogP contribution < -0.4 is 5.32 Å². The Kier molecular flexibility index (Phi) is 3.73. The first-order valence-corrected chi connectivity index (χ1v) is 8.10. The van der Waals surface area contributed by atoms with Crippen LogP contribution in [0.3, 0.4) is 0 Å². The molecule has 1 N–H and O–H groups in total. The number of nitrogens with one attached hydrogen (secondary N) is 1. The smallest absolute Gasteiger partial charge is 0.0331 e. The van der Waals surface area contributed by atoms with E-state index >= 15 is 0 Å². The molecule has 0 bridgehead atoms.